The van der Waals surface area contributed by atoms with Gasteiger partial charge in [-0.05, 0) is 127 Å². The molecule has 2 heterocycles. The summed E-state index contributed by atoms with van der Waals surface area (Å²) in [7, 11) is 0. The van der Waals surface area contributed by atoms with E-state index in [0.29, 0.717) is 19.6 Å². The van der Waals surface area contributed by atoms with E-state index in [1.54, 1.807) is 11.8 Å². The molecule has 0 saturated heterocycles. The highest BCUT2D eigenvalue weighted by atomic mass is 32.2. The SMILES string of the molecule is C=CCO[C@@]12Oc3ccc(Oc4ccc(SC)cc4)cc3[C@H]3[C@H](CCCCO)[C@@H](CCCCO)C=C(C(=NOCc4ccccc4)C[C@@H]1SCCc1ccncc1)[C@H]32. The van der Waals surface area contributed by atoms with Gasteiger partial charge in [0.1, 0.15) is 23.9 Å². The number of aliphatic hydroxyl groups excluding tert-OH is 2. The first-order valence-electron chi connectivity index (χ1n) is 20.6. The Kier molecular flexibility index (Phi) is 15.1. The number of oxime groups is 1. The lowest BCUT2D eigenvalue weighted by atomic mass is 9.56. The summed E-state index contributed by atoms with van der Waals surface area (Å²) in [6.45, 7) is 5.09. The predicted octanol–water partition coefficient (Wildman–Crippen LogP) is 10.4. The van der Waals surface area contributed by atoms with Gasteiger partial charge in [-0.25, -0.2) is 0 Å². The average Bonchev–Trinajstić information content (AvgIpc) is 3.26. The van der Waals surface area contributed by atoms with Crippen LogP contribution in [-0.4, -0.2) is 63.8 Å². The van der Waals surface area contributed by atoms with Crippen LogP contribution in [0.2, 0.25) is 0 Å². The third-order valence-electron chi connectivity index (χ3n) is 11.6. The van der Waals surface area contributed by atoms with Crippen LogP contribution < -0.4 is 9.47 Å². The summed E-state index contributed by atoms with van der Waals surface area (Å²) in [5, 5.41) is 24.7. The molecule has 306 valence electrons. The van der Waals surface area contributed by atoms with Crippen molar-refractivity contribution in [2.45, 2.75) is 79.8 Å². The lowest BCUT2D eigenvalue weighted by Crippen LogP contribution is -2.64. The molecule has 7 rings (SSSR count). The lowest BCUT2D eigenvalue weighted by molar-refractivity contribution is -0.223. The maximum Gasteiger partial charge on any atom is 0.230 e. The number of ether oxygens (including phenoxy) is 3. The second-order valence-electron chi connectivity index (χ2n) is 15.3. The normalized spacial score (nSPS) is 23.9. The second-order valence-corrected chi connectivity index (χ2v) is 17.4. The molecule has 8 nitrogen and oxygen atoms in total. The van der Waals surface area contributed by atoms with Crippen molar-refractivity contribution >= 4 is 29.2 Å². The molecule has 1 fully saturated rings. The fourth-order valence-electron chi connectivity index (χ4n) is 8.95. The molecule has 1 aliphatic heterocycles. The van der Waals surface area contributed by atoms with Crippen molar-refractivity contribution in [3.63, 3.8) is 0 Å². The van der Waals surface area contributed by atoms with E-state index in [9.17, 15) is 10.2 Å². The molecule has 1 saturated carbocycles. The minimum atomic E-state index is -1.03. The Morgan fingerprint density at radius 3 is 2.41 bits per heavy atom. The first kappa shape index (κ1) is 42.1. The van der Waals surface area contributed by atoms with E-state index in [1.807, 2.05) is 66.6 Å². The minimum Gasteiger partial charge on any atom is -0.460 e. The molecule has 4 aromatic rings. The van der Waals surface area contributed by atoms with E-state index in [0.717, 1.165) is 90.4 Å². The fourth-order valence-corrected chi connectivity index (χ4v) is 10.8. The number of rotatable bonds is 21. The van der Waals surface area contributed by atoms with Crippen LogP contribution in [0, 0.1) is 17.8 Å². The zero-order valence-corrected chi connectivity index (χ0v) is 35.0. The molecule has 3 aromatic carbocycles. The van der Waals surface area contributed by atoms with E-state index < -0.39 is 5.79 Å². The molecule has 0 spiro atoms. The minimum absolute atomic E-state index is 0.0169. The quantitative estimate of drug-likeness (QED) is 0.0368. The molecular formula is C48H56N2O6S2. The van der Waals surface area contributed by atoms with E-state index in [-0.39, 0.29) is 42.1 Å². The van der Waals surface area contributed by atoms with Gasteiger partial charge in [-0.15, -0.1) is 18.3 Å². The van der Waals surface area contributed by atoms with Gasteiger partial charge >= 0.3 is 0 Å². The molecule has 2 N–H and O–H groups in total. The number of aliphatic hydroxyl groups is 2. The monoisotopic (exact) mass is 820 g/mol. The Balaban J connectivity index is 1.35. The predicted molar refractivity (Wildman–Crippen MR) is 235 cm³/mol. The van der Waals surface area contributed by atoms with Gasteiger partial charge in [0.2, 0.25) is 5.79 Å². The van der Waals surface area contributed by atoms with E-state index in [4.69, 9.17) is 24.2 Å². The molecule has 3 aliphatic rings. The highest BCUT2D eigenvalue weighted by Crippen LogP contribution is 2.62. The molecule has 10 heteroatoms. The van der Waals surface area contributed by atoms with Gasteiger partial charge < -0.3 is 29.3 Å². The maximum absolute atomic E-state index is 9.96. The van der Waals surface area contributed by atoms with Gasteiger partial charge in [0.25, 0.3) is 0 Å². The number of aromatic nitrogens is 1. The third kappa shape index (κ3) is 9.86. The van der Waals surface area contributed by atoms with Gasteiger partial charge in [-0.1, -0.05) is 60.5 Å². The third-order valence-corrected chi connectivity index (χ3v) is 13.7. The molecule has 0 amide bonds. The molecule has 0 unspecified atom stereocenters. The Morgan fingerprint density at radius 2 is 1.67 bits per heavy atom. The van der Waals surface area contributed by atoms with Crippen LogP contribution in [0.4, 0.5) is 0 Å². The summed E-state index contributed by atoms with van der Waals surface area (Å²) in [6.07, 6.45) is 16.6. The Hall–Kier alpha value is -4.06. The first-order chi connectivity index (χ1) is 28.6. The van der Waals surface area contributed by atoms with Gasteiger partial charge in [-0.2, -0.15) is 11.8 Å². The zero-order chi connectivity index (χ0) is 40.2. The van der Waals surface area contributed by atoms with Crippen molar-refractivity contribution in [3.8, 4) is 17.2 Å². The highest BCUT2D eigenvalue weighted by Gasteiger charge is 2.64. The smallest absolute Gasteiger partial charge is 0.230 e. The largest absolute Gasteiger partial charge is 0.460 e. The van der Waals surface area contributed by atoms with Crippen molar-refractivity contribution in [3.05, 3.63) is 138 Å². The average molecular weight is 821 g/mol. The first-order valence-corrected chi connectivity index (χ1v) is 22.9. The summed E-state index contributed by atoms with van der Waals surface area (Å²) in [5.41, 5.74) is 5.43. The van der Waals surface area contributed by atoms with Crippen LogP contribution in [0.15, 0.2) is 132 Å². The summed E-state index contributed by atoms with van der Waals surface area (Å²) in [5.74, 6) is 2.33. The number of hydrogen-bond acceptors (Lipinski definition) is 10. The van der Waals surface area contributed by atoms with Crippen molar-refractivity contribution < 1.29 is 29.3 Å². The Bertz CT molecular complexity index is 1980. The molecule has 2 aliphatic carbocycles. The van der Waals surface area contributed by atoms with E-state index >= 15 is 0 Å². The summed E-state index contributed by atoms with van der Waals surface area (Å²) in [6, 6.07) is 28.7. The van der Waals surface area contributed by atoms with Crippen LogP contribution in [0.1, 0.15) is 67.6 Å². The Labute approximate surface area is 352 Å². The van der Waals surface area contributed by atoms with E-state index in [1.165, 1.54) is 10.5 Å². The molecular weight excluding hydrogens is 765 g/mol. The molecule has 58 heavy (non-hydrogen) atoms. The number of hydrogen-bond donors (Lipinski definition) is 2. The Morgan fingerprint density at radius 1 is 0.914 bits per heavy atom. The molecule has 1 aromatic heterocycles. The number of benzene rings is 3. The summed E-state index contributed by atoms with van der Waals surface area (Å²) >= 11 is 3.57. The molecule has 0 radical (unpaired) electrons. The number of pyridine rings is 1. The number of fused-ring (bicyclic) bond motifs is 2. The van der Waals surface area contributed by atoms with E-state index in [2.05, 4.69) is 72.4 Å². The maximum atomic E-state index is 9.96. The van der Waals surface area contributed by atoms with Crippen LogP contribution in [0.3, 0.4) is 0 Å². The van der Waals surface area contributed by atoms with Gasteiger partial charge in [0.05, 0.1) is 23.5 Å². The fraction of sp³-hybridized carbons (Fsp3) is 0.417. The van der Waals surface area contributed by atoms with Gasteiger partial charge in [-0.3, -0.25) is 4.98 Å². The summed E-state index contributed by atoms with van der Waals surface area (Å²) < 4.78 is 21.0. The highest BCUT2D eigenvalue weighted by molar-refractivity contribution is 8.00. The van der Waals surface area contributed by atoms with Crippen molar-refractivity contribution in [1.29, 1.82) is 0 Å². The van der Waals surface area contributed by atoms with Crippen molar-refractivity contribution in [1.82, 2.24) is 4.98 Å². The number of nitrogens with zero attached hydrogens (tertiary/aromatic N) is 2. The number of unbranched alkanes of at least 4 members (excludes halogenated alkanes) is 2. The standard InChI is InChI=1S/C48H56N2O6S2/c1-3-28-53-48-45(58-29-23-34-21-24-49-25-22-34)32-43(50-54-33-35-11-5-4-6-12-35)41-30-36(13-7-9-26-51)40(14-8-10-27-52)46(47(41)48)42-31-38(17-20-44(42)56-48)55-37-15-18-39(57-2)19-16-37/h3-6,11-12,15-22,24-25,30-31,36,40,45-47,51-52H,1,7-10,13-14,23,26-29,32-33H2,2H3/t36-,40+,45-,46+,47+,48+/m0/s1. The van der Waals surface area contributed by atoms with Gasteiger partial charge in [0, 0.05) is 48.4 Å². The topological polar surface area (TPSA) is 103 Å². The van der Waals surface area contributed by atoms with Crippen LogP contribution >= 0.6 is 23.5 Å². The van der Waals surface area contributed by atoms with Crippen molar-refractivity contribution in [2.24, 2.45) is 22.9 Å². The van der Waals surface area contributed by atoms with Gasteiger partial charge in [0.15, 0.2) is 0 Å². The van der Waals surface area contributed by atoms with Crippen molar-refractivity contribution in [2.75, 3.05) is 31.8 Å². The number of thioether (sulfide) groups is 2. The molecule has 0 bridgehead atoms. The molecule has 6 atom stereocenters. The lowest BCUT2D eigenvalue weighted by Gasteiger charge is -2.58. The number of aryl methyl sites for hydroxylation is 1. The summed E-state index contributed by atoms with van der Waals surface area (Å²) in [4.78, 5) is 11.6. The van der Waals surface area contributed by atoms with Crippen LogP contribution in [-0.2, 0) is 22.6 Å². The second kappa shape index (κ2) is 20.8. The van der Waals surface area contributed by atoms with Crippen LogP contribution in [0.5, 0.6) is 17.2 Å². The van der Waals surface area contributed by atoms with Crippen LogP contribution in [0.25, 0.3) is 0 Å². The zero-order valence-electron chi connectivity index (χ0n) is 33.4. The number of allylic oxidation sites excluding steroid dienone is 1.